The molecular weight excluding hydrogens is 76.1 g/mol. The molecule has 1 heteroatoms. The molecule has 2 atom stereocenters. The van der Waals surface area contributed by atoms with E-state index in [9.17, 15) is 5.11 Å². The van der Waals surface area contributed by atoms with Crippen LogP contribution in [0.15, 0.2) is 0 Å². The Morgan fingerprint density at radius 1 is 1.83 bits per heavy atom. The Morgan fingerprint density at radius 3 is 2.00 bits per heavy atom. The van der Waals surface area contributed by atoms with Gasteiger partial charge >= 0.3 is 0 Å². The van der Waals surface area contributed by atoms with Crippen molar-refractivity contribution < 1.29 is 5.11 Å². The molecule has 0 amide bonds. The zero-order chi connectivity index (χ0) is 4.78. The molecule has 1 saturated carbocycles. The molecular formula is C5H9O. The Labute approximate surface area is 38.0 Å². The maximum absolute atomic E-state index is 10.5. The minimum absolute atomic E-state index is 0.442. The number of rotatable bonds is 0. The van der Waals surface area contributed by atoms with Crippen molar-refractivity contribution in [3.63, 3.8) is 0 Å². The predicted molar refractivity (Wildman–Crippen MR) is 22.9 cm³/mol. The number of hydrogen-bond acceptors (Lipinski definition) is 0. The lowest BCUT2D eigenvalue weighted by atomic mass is 10.3. The minimum Gasteiger partial charge on any atom is -0.229 e. The van der Waals surface area contributed by atoms with E-state index in [0.717, 1.165) is 6.42 Å². The molecule has 6 heavy (non-hydrogen) atoms. The highest BCUT2D eigenvalue weighted by Gasteiger charge is 2.46. The summed E-state index contributed by atoms with van der Waals surface area (Å²) >= 11 is 0. The second-order valence-corrected chi connectivity index (χ2v) is 2.42. The van der Waals surface area contributed by atoms with Gasteiger partial charge in [-0.2, -0.15) is 0 Å². The SMILES string of the molecule is CC1CC1(C)[O]. The third-order valence-electron chi connectivity index (χ3n) is 1.59. The van der Waals surface area contributed by atoms with Crippen LogP contribution in [0, 0.1) is 5.92 Å². The van der Waals surface area contributed by atoms with Crippen LogP contribution in [0.2, 0.25) is 0 Å². The third kappa shape index (κ3) is 0.432. The minimum atomic E-state index is -0.542. The molecule has 35 valence electrons. The first-order chi connectivity index (χ1) is 2.63. The van der Waals surface area contributed by atoms with Gasteiger partial charge in [-0.15, -0.1) is 0 Å². The van der Waals surface area contributed by atoms with Gasteiger partial charge < -0.3 is 0 Å². The summed E-state index contributed by atoms with van der Waals surface area (Å²) in [4.78, 5) is 0. The fraction of sp³-hybridized carbons (Fsp3) is 1.00. The summed E-state index contributed by atoms with van der Waals surface area (Å²) in [6.07, 6.45) is 0.882. The lowest BCUT2D eigenvalue weighted by Crippen LogP contribution is -1.97. The molecule has 0 aromatic heterocycles. The van der Waals surface area contributed by atoms with Crippen LogP contribution >= 0.6 is 0 Å². The number of hydrogen-bond donors (Lipinski definition) is 0. The second-order valence-electron chi connectivity index (χ2n) is 2.42. The van der Waals surface area contributed by atoms with Crippen molar-refractivity contribution in [3.8, 4) is 0 Å². The summed E-state index contributed by atoms with van der Waals surface area (Å²) in [5.74, 6) is 0.442. The first-order valence-corrected chi connectivity index (χ1v) is 2.33. The molecule has 2 unspecified atom stereocenters. The van der Waals surface area contributed by atoms with Crippen LogP contribution in [0.3, 0.4) is 0 Å². The van der Waals surface area contributed by atoms with Crippen molar-refractivity contribution in [1.29, 1.82) is 0 Å². The summed E-state index contributed by atoms with van der Waals surface area (Å²) in [7, 11) is 0. The zero-order valence-corrected chi connectivity index (χ0v) is 4.19. The van der Waals surface area contributed by atoms with Gasteiger partial charge in [0.1, 0.15) is 5.60 Å². The van der Waals surface area contributed by atoms with Crippen LogP contribution in [0.1, 0.15) is 20.3 Å². The van der Waals surface area contributed by atoms with Gasteiger partial charge in [-0.05, 0) is 19.3 Å². The van der Waals surface area contributed by atoms with Gasteiger partial charge in [0.15, 0.2) is 0 Å². The summed E-state index contributed by atoms with van der Waals surface area (Å²) < 4.78 is 0. The van der Waals surface area contributed by atoms with E-state index in [1.165, 1.54) is 0 Å². The van der Waals surface area contributed by atoms with Gasteiger partial charge in [0.25, 0.3) is 0 Å². The first kappa shape index (κ1) is 4.13. The quantitative estimate of drug-likeness (QED) is 0.421. The molecule has 0 aliphatic heterocycles. The first-order valence-electron chi connectivity index (χ1n) is 2.33. The van der Waals surface area contributed by atoms with Crippen molar-refractivity contribution in [1.82, 2.24) is 0 Å². The third-order valence-corrected chi connectivity index (χ3v) is 1.59. The van der Waals surface area contributed by atoms with E-state index in [1.54, 1.807) is 6.92 Å². The maximum Gasteiger partial charge on any atom is 0.104 e. The smallest absolute Gasteiger partial charge is 0.104 e. The van der Waals surface area contributed by atoms with E-state index < -0.39 is 5.60 Å². The second kappa shape index (κ2) is 0.784. The van der Waals surface area contributed by atoms with Crippen LogP contribution < -0.4 is 0 Å². The van der Waals surface area contributed by atoms with Crippen molar-refractivity contribution in [3.05, 3.63) is 0 Å². The molecule has 0 N–H and O–H groups in total. The van der Waals surface area contributed by atoms with Gasteiger partial charge in [0.2, 0.25) is 0 Å². The summed E-state index contributed by atoms with van der Waals surface area (Å²) in [5.41, 5.74) is -0.542. The van der Waals surface area contributed by atoms with Crippen molar-refractivity contribution in [2.45, 2.75) is 25.9 Å². The van der Waals surface area contributed by atoms with Gasteiger partial charge in [0.05, 0.1) is 0 Å². The van der Waals surface area contributed by atoms with Crippen molar-refractivity contribution in [2.24, 2.45) is 5.92 Å². The predicted octanol–water partition coefficient (Wildman–Crippen LogP) is 1.22. The fourth-order valence-corrected chi connectivity index (χ4v) is 0.549. The molecule has 0 aromatic rings. The molecule has 0 heterocycles. The molecule has 1 aliphatic carbocycles. The standard InChI is InChI=1S/C5H9O/c1-4-3-5(4,2)6/h4H,3H2,1-2H3. The van der Waals surface area contributed by atoms with Crippen molar-refractivity contribution >= 4 is 0 Å². The Balaban J connectivity index is 2.41. The molecule has 0 spiro atoms. The van der Waals surface area contributed by atoms with Crippen LogP contribution in [0.4, 0.5) is 0 Å². The molecule has 0 bridgehead atoms. The van der Waals surface area contributed by atoms with E-state index in [1.807, 2.05) is 6.92 Å². The largest absolute Gasteiger partial charge is 0.229 e. The maximum atomic E-state index is 10.5. The zero-order valence-electron chi connectivity index (χ0n) is 4.19. The van der Waals surface area contributed by atoms with E-state index >= 15 is 0 Å². The normalized spacial score (nSPS) is 55.5. The van der Waals surface area contributed by atoms with Crippen LogP contribution in [-0.4, -0.2) is 5.60 Å². The van der Waals surface area contributed by atoms with Crippen LogP contribution in [0.25, 0.3) is 0 Å². The van der Waals surface area contributed by atoms with E-state index in [0.29, 0.717) is 5.92 Å². The molecule has 1 rings (SSSR count). The average molecular weight is 85.1 g/mol. The molecule has 1 aliphatic rings. The Morgan fingerprint density at radius 2 is 2.00 bits per heavy atom. The van der Waals surface area contributed by atoms with Gasteiger partial charge in [-0.25, -0.2) is 5.11 Å². The monoisotopic (exact) mass is 85.1 g/mol. The van der Waals surface area contributed by atoms with Gasteiger partial charge in [-0.1, -0.05) is 6.92 Å². The molecule has 0 aromatic carbocycles. The topological polar surface area (TPSA) is 19.9 Å². The molecule has 1 fully saturated rings. The Hall–Kier alpha value is -0.0400. The van der Waals surface area contributed by atoms with Crippen LogP contribution in [-0.2, 0) is 5.11 Å². The fourth-order valence-electron chi connectivity index (χ4n) is 0.549. The highest BCUT2D eigenvalue weighted by molar-refractivity contribution is 4.95. The van der Waals surface area contributed by atoms with Crippen LogP contribution in [0.5, 0.6) is 0 Å². The Kier molecular flexibility index (Phi) is 0.539. The molecule has 1 radical (unpaired) electrons. The average Bonchev–Trinajstić information content (AvgIpc) is 1.73. The lowest BCUT2D eigenvalue weighted by molar-refractivity contribution is 0.0688. The highest BCUT2D eigenvalue weighted by atomic mass is 16.3. The Bertz CT molecular complexity index is 66.3. The van der Waals surface area contributed by atoms with E-state index in [4.69, 9.17) is 0 Å². The molecule has 1 nitrogen and oxygen atoms in total. The summed E-state index contributed by atoms with van der Waals surface area (Å²) in [5, 5.41) is 10.5. The summed E-state index contributed by atoms with van der Waals surface area (Å²) in [6.45, 7) is 3.75. The molecule has 0 saturated heterocycles. The van der Waals surface area contributed by atoms with Gasteiger partial charge in [0, 0.05) is 0 Å². The van der Waals surface area contributed by atoms with Gasteiger partial charge in [-0.3, -0.25) is 0 Å². The van der Waals surface area contributed by atoms with E-state index in [2.05, 4.69) is 0 Å². The highest BCUT2D eigenvalue weighted by Crippen LogP contribution is 2.42. The van der Waals surface area contributed by atoms with E-state index in [-0.39, 0.29) is 0 Å². The van der Waals surface area contributed by atoms with Crippen molar-refractivity contribution in [2.75, 3.05) is 0 Å². The lowest BCUT2D eigenvalue weighted by Gasteiger charge is -1.87. The summed E-state index contributed by atoms with van der Waals surface area (Å²) in [6, 6.07) is 0.